The number of aromatic nitrogens is 1. The van der Waals surface area contributed by atoms with Crippen LogP contribution in [0.5, 0.6) is 17.4 Å². The van der Waals surface area contributed by atoms with Gasteiger partial charge in [-0.1, -0.05) is 23.6 Å². The molecule has 4 aromatic rings. The van der Waals surface area contributed by atoms with E-state index in [1.165, 1.54) is 30.5 Å². The van der Waals surface area contributed by atoms with Crippen molar-refractivity contribution in [3.63, 3.8) is 0 Å². The van der Waals surface area contributed by atoms with Crippen molar-refractivity contribution < 1.29 is 50.2 Å². The number of hydrogen-bond donors (Lipinski definition) is 1. The van der Waals surface area contributed by atoms with Gasteiger partial charge in [-0.15, -0.1) is 6.42 Å². The Morgan fingerprint density at radius 3 is 2.29 bits per heavy atom. The predicted octanol–water partition coefficient (Wildman–Crippen LogP) is 9.05. The average molecular weight is 742 g/mol. The maximum Gasteiger partial charge on any atom is 0.416 e. The summed E-state index contributed by atoms with van der Waals surface area (Å²) in [5.41, 5.74) is -0.549. The number of rotatable bonds is 7. The Balaban J connectivity index is 0.000000203. The topological polar surface area (TPSA) is 97.8 Å². The highest BCUT2D eigenvalue weighted by Crippen LogP contribution is 2.40. The molecule has 0 bridgehead atoms. The number of nitrogens with zero attached hydrogens (tertiary/aromatic N) is 2. The highest BCUT2D eigenvalue weighted by molar-refractivity contribution is 6.34. The van der Waals surface area contributed by atoms with Crippen molar-refractivity contribution in [2.24, 2.45) is 0 Å². The minimum atomic E-state index is -4.57. The van der Waals surface area contributed by atoms with Crippen LogP contribution < -0.4 is 19.7 Å². The fourth-order valence-electron chi connectivity index (χ4n) is 5.24. The lowest BCUT2D eigenvalue weighted by Gasteiger charge is -2.19. The van der Waals surface area contributed by atoms with Crippen LogP contribution in [0.1, 0.15) is 48.5 Å². The lowest BCUT2D eigenvalue weighted by Crippen LogP contribution is -2.32. The van der Waals surface area contributed by atoms with E-state index in [0.717, 1.165) is 54.1 Å². The lowest BCUT2D eigenvalue weighted by molar-refractivity contribution is -0.137. The van der Waals surface area contributed by atoms with Crippen molar-refractivity contribution >= 4 is 40.7 Å². The third-order valence-electron chi connectivity index (χ3n) is 7.74. The molecule has 6 rings (SSSR count). The van der Waals surface area contributed by atoms with Crippen LogP contribution in [0.4, 0.5) is 37.7 Å². The molecule has 3 aromatic carbocycles. The molecule has 1 atom stereocenters. The first kappa shape index (κ1) is 37.4. The maximum atomic E-state index is 14.4. The Morgan fingerprint density at radius 1 is 0.962 bits per heavy atom. The summed E-state index contributed by atoms with van der Waals surface area (Å²) in [6.45, 7) is 1.63. The molecular formula is C37H26ClF6N3O5. The van der Waals surface area contributed by atoms with Gasteiger partial charge in [-0.3, -0.25) is 14.4 Å². The van der Waals surface area contributed by atoms with E-state index in [9.17, 15) is 40.7 Å². The molecule has 15 heteroatoms. The standard InChI is InChI=1S/C19H11F5N2O2.C18H15ClFNO3/c20-12-6-7-16(15(21)10-12)26-17(27)14-5-2-8-25-18(14)28-13-4-1-3-11(9-13)19(22,23)24;1-3-10(2)24-16-9-15(14(20)8-13(16)19)21-17(22)11-6-4-5-7-12(11)18(21)23/h1-10H,(H,26,27);1,8-10H,4-7H2,2H3. The largest absolute Gasteiger partial charge is 0.476 e. The molecule has 2 aliphatic rings. The minimum Gasteiger partial charge on any atom is -0.476 e. The molecule has 3 amide bonds. The van der Waals surface area contributed by atoms with Gasteiger partial charge in [0.1, 0.15) is 34.5 Å². The van der Waals surface area contributed by atoms with E-state index < -0.39 is 53.0 Å². The first-order valence-corrected chi connectivity index (χ1v) is 15.8. The summed E-state index contributed by atoms with van der Waals surface area (Å²) < 4.78 is 90.3. The number of pyridine rings is 1. The lowest BCUT2D eigenvalue weighted by atomic mass is 9.93. The van der Waals surface area contributed by atoms with Crippen LogP contribution in [0.25, 0.3) is 0 Å². The molecule has 1 aliphatic heterocycles. The molecule has 0 saturated heterocycles. The van der Waals surface area contributed by atoms with E-state index in [1.54, 1.807) is 6.92 Å². The second-order valence-corrected chi connectivity index (χ2v) is 11.7. The van der Waals surface area contributed by atoms with E-state index in [0.29, 0.717) is 30.1 Å². The van der Waals surface area contributed by atoms with Gasteiger partial charge < -0.3 is 14.8 Å². The Hall–Kier alpha value is -5.81. The van der Waals surface area contributed by atoms with E-state index in [4.69, 9.17) is 27.5 Å². The summed E-state index contributed by atoms with van der Waals surface area (Å²) in [7, 11) is 0. The zero-order valence-electron chi connectivity index (χ0n) is 27.0. The van der Waals surface area contributed by atoms with Crippen molar-refractivity contribution in [2.75, 3.05) is 10.2 Å². The Labute approximate surface area is 298 Å². The molecule has 0 saturated carbocycles. The van der Waals surface area contributed by atoms with Crippen molar-refractivity contribution in [1.29, 1.82) is 0 Å². The van der Waals surface area contributed by atoms with Gasteiger partial charge in [0.05, 0.1) is 22.0 Å². The van der Waals surface area contributed by atoms with E-state index in [2.05, 4.69) is 16.2 Å². The molecule has 1 aliphatic carbocycles. The smallest absolute Gasteiger partial charge is 0.416 e. The van der Waals surface area contributed by atoms with Gasteiger partial charge in [0.2, 0.25) is 5.88 Å². The molecule has 2 heterocycles. The van der Waals surface area contributed by atoms with Gasteiger partial charge in [0, 0.05) is 29.5 Å². The molecule has 1 N–H and O–H groups in total. The quantitative estimate of drug-likeness (QED) is 0.115. The zero-order valence-corrected chi connectivity index (χ0v) is 27.7. The number of amides is 3. The summed E-state index contributed by atoms with van der Waals surface area (Å²) in [6.07, 6.45) is 4.18. The van der Waals surface area contributed by atoms with Gasteiger partial charge in [-0.05, 0) is 81.1 Å². The van der Waals surface area contributed by atoms with Crippen molar-refractivity contribution in [3.05, 3.63) is 118 Å². The van der Waals surface area contributed by atoms with Gasteiger partial charge in [0.15, 0.2) is 6.10 Å². The van der Waals surface area contributed by atoms with Crippen LogP contribution in [0.2, 0.25) is 5.02 Å². The average Bonchev–Trinajstić information content (AvgIpc) is 3.36. The van der Waals surface area contributed by atoms with Crippen molar-refractivity contribution in [2.45, 2.75) is 44.9 Å². The first-order valence-electron chi connectivity index (χ1n) is 15.5. The number of terminal acetylenes is 1. The molecule has 0 spiro atoms. The normalized spacial score (nSPS) is 14.6. The molecule has 52 heavy (non-hydrogen) atoms. The fourth-order valence-corrected chi connectivity index (χ4v) is 5.43. The third kappa shape index (κ3) is 8.38. The highest BCUT2D eigenvalue weighted by atomic mass is 35.5. The minimum absolute atomic E-state index is 0.0233. The van der Waals surface area contributed by atoms with Crippen LogP contribution in [0.3, 0.4) is 0 Å². The summed E-state index contributed by atoms with van der Waals surface area (Å²) in [5.74, 6) is -2.29. The van der Waals surface area contributed by atoms with E-state index >= 15 is 0 Å². The van der Waals surface area contributed by atoms with E-state index in [-0.39, 0.29) is 39.3 Å². The second kappa shape index (κ2) is 15.6. The van der Waals surface area contributed by atoms with Crippen LogP contribution in [-0.2, 0) is 15.8 Å². The monoisotopic (exact) mass is 741 g/mol. The maximum absolute atomic E-state index is 14.4. The molecule has 1 unspecified atom stereocenters. The van der Waals surface area contributed by atoms with Crippen molar-refractivity contribution in [1.82, 2.24) is 4.98 Å². The Bertz CT molecular complexity index is 2100. The Morgan fingerprint density at radius 2 is 1.65 bits per heavy atom. The number of halogens is 7. The number of carbonyl (C=O) groups is 3. The number of nitrogens with one attached hydrogen (secondary N) is 1. The summed E-state index contributed by atoms with van der Waals surface area (Å²) in [4.78, 5) is 42.2. The number of carbonyl (C=O) groups excluding carboxylic acids is 3. The number of anilines is 2. The molecule has 8 nitrogen and oxygen atoms in total. The number of imide groups is 1. The molecule has 0 fully saturated rings. The Kier molecular flexibility index (Phi) is 11.2. The predicted molar refractivity (Wildman–Crippen MR) is 178 cm³/mol. The van der Waals surface area contributed by atoms with Crippen LogP contribution in [0.15, 0.2) is 84.1 Å². The highest BCUT2D eigenvalue weighted by Gasteiger charge is 2.41. The molecule has 0 radical (unpaired) electrons. The fraction of sp³-hybridized carbons (Fsp3) is 0.189. The SMILES string of the molecule is C#CC(C)Oc1cc(N2C(=O)C3=C(CCCC3)C2=O)c(F)cc1Cl.O=C(Nc1ccc(F)cc1F)c1cccnc1Oc1cccc(C(F)(F)F)c1. The van der Waals surface area contributed by atoms with Crippen molar-refractivity contribution in [3.8, 4) is 29.7 Å². The van der Waals surface area contributed by atoms with Crippen LogP contribution in [-0.4, -0.2) is 28.8 Å². The molecule has 1 aromatic heterocycles. The van der Waals surface area contributed by atoms with E-state index in [1.807, 2.05) is 0 Å². The number of benzene rings is 3. The number of alkyl halides is 3. The second-order valence-electron chi connectivity index (χ2n) is 11.3. The van der Waals surface area contributed by atoms with Crippen LogP contribution >= 0.6 is 11.6 Å². The third-order valence-corrected chi connectivity index (χ3v) is 8.04. The number of ether oxygens (including phenoxy) is 2. The zero-order chi connectivity index (χ0) is 37.7. The van der Waals surface area contributed by atoms with Gasteiger partial charge >= 0.3 is 6.18 Å². The first-order chi connectivity index (χ1) is 24.7. The molecular weight excluding hydrogens is 716 g/mol. The van der Waals surface area contributed by atoms with Gasteiger partial charge in [-0.2, -0.15) is 13.2 Å². The molecule has 268 valence electrons. The van der Waals surface area contributed by atoms with Gasteiger partial charge in [0.25, 0.3) is 17.7 Å². The number of hydrogen-bond acceptors (Lipinski definition) is 6. The van der Waals surface area contributed by atoms with Gasteiger partial charge in [-0.25, -0.2) is 23.1 Å². The van der Waals surface area contributed by atoms with Crippen LogP contribution in [0, 0.1) is 29.8 Å². The summed E-state index contributed by atoms with van der Waals surface area (Å²) in [6, 6.07) is 11.6. The summed E-state index contributed by atoms with van der Waals surface area (Å²) in [5, 5.41) is 2.26. The summed E-state index contributed by atoms with van der Waals surface area (Å²) >= 11 is 5.97.